The number of hydrogen-bond donors (Lipinski definition) is 3. The van der Waals surface area contributed by atoms with Crippen LogP contribution in [-0.2, 0) is 14.3 Å². The molecule has 0 bridgehead atoms. The van der Waals surface area contributed by atoms with Crippen molar-refractivity contribution in [3.63, 3.8) is 0 Å². The first-order chi connectivity index (χ1) is 35.5. The largest absolute Gasteiger partial charge is 0.466 e. The van der Waals surface area contributed by atoms with Gasteiger partial charge in [-0.2, -0.15) is 0 Å². The van der Waals surface area contributed by atoms with E-state index in [2.05, 4.69) is 19.2 Å². The maximum atomic E-state index is 12.4. The van der Waals surface area contributed by atoms with E-state index in [9.17, 15) is 19.8 Å². The van der Waals surface area contributed by atoms with Crippen LogP contribution in [0, 0.1) is 0 Å². The van der Waals surface area contributed by atoms with E-state index in [1.54, 1.807) is 6.08 Å². The Balaban J connectivity index is 3.31. The molecule has 0 aromatic rings. The quantitative estimate of drug-likeness (QED) is 0.0320. The smallest absolute Gasteiger partial charge is 0.305 e. The topological polar surface area (TPSA) is 95.9 Å². The lowest BCUT2D eigenvalue weighted by atomic mass is 10.0. The molecule has 1 amide bonds. The average Bonchev–Trinajstić information content (AvgIpc) is 3.38. The Kier molecular flexibility index (Phi) is 60.9. The summed E-state index contributed by atoms with van der Waals surface area (Å²) < 4.78 is 5.48. The van der Waals surface area contributed by atoms with Crippen molar-refractivity contribution in [2.45, 2.75) is 386 Å². The number of aliphatic hydroxyl groups excluding tert-OH is 2. The Labute approximate surface area is 450 Å². The Hall–Kier alpha value is -1.40. The number of esters is 1. The second kappa shape index (κ2) is 62.1. The lowest BCUT2D eigenvalue weighted by Crippen LogP contribution is -2.45. The highest BCUT2D eigenvalue weighted by molar-refractivity contribution is 5.76. The number of unbranched alkanes of at least 4 members (excludes halogenated alkanes) is 51. The molecular formula is C66H129NO5. The molecule has 0 saturated heterocycles. The van der Waals surface area contributed by atoms with Crippen LogP contribution in [-0.4, -0.2) is 47.4 Å². The molecule has 6 heteroatoms. The van der Waals surface area contributed by atoms with Gasteiger partial charge in [0.25, 0.3) is 0 Å². The first kappa shape index (κ1) is 70.6. The first-order valence-corrected chi connectivity index (χ1v) is 33.0. The van der Waals surface area contributed by atoms with E-state index in [-0.39, 0.29) is 18.5 Å². The Bertz CT molecular complexity index is 1080. The highest BCUT2D eigenvalue weighted by Gasteiger charge is 2.18. The van der Waals surface area contributed by atoms with Crippen LogP contribution in [0.2, 0.25) is 0 Å². The van der Waals surface area contributed by atoms with E-state index in [4.69, 9.17) is 4.74 Å². The molecule has 428 valence electrons. The van der Waals surface area contributed by atoms with Crippen molar-refractivity contribution < 1.29 is 24.5 Å². The minimum absolute atomic E-state index is 0.0216. The van der Waals surface area contributed by atoms with Gasteiger partial charge in [0.2, 0.25) is 5.91 Å². The van der Waals surface area contributed by atoms with Gasteiger partial charge < -0.3 is 20.3 Å². The van der Waals surface area contributed by atoms with Gasteiger partial charge in [-0.3, -0.25) is 9.59 Å². The number of carbonyl (C=O) groups excluding carboxylic acids is 2. The SMILES string of the molecule is CCCCCCCCCCCC/C=C/C(O)C(CO)NC(=O)CCCCCCCCCCCCCCCCCCCCCCCCCCCCCCCCCOC(=O)CCCCCCCCCCCCCC. The summed E-state index contributed by atoms with van der Waals surface area (Å²) in [6, 6.07) is -0.622. The monoisotopic (exact) mass is 1020 g/mol. The molecule has 0 saturated carbocycles. The molecule has 0 radical (unpaired) electrons. The molecular weight excluding hydrogens is 887 g/mol. The molecule has 0 aliphatic heterocycles. The van der Waals surface area contributed by atoms with E-state index in [0.29, 0.717) is 19.4 Å². The molecule has 0 aliphatic carbocycles. The van der Waals surface area contributed by atoms with Crippen molar-refractivity contribution in [3.05, 3.63) is 12.2 Å². The number of allylic oxidation sites excluding steroid dienone is 1. The highest BCUT2D eigenvalue weighted by Crippen LogP contribution is 2.19. The van der Waals surface area contributed by atoms with Crippen LogP contribution in [0.3, 0.4) is 0 Å². The Morgan fingerprint density at radius 2 is 0.639 bits per heavy atom. The van der Waals surface area contributed by atoms with Gasteiger partial charge >= 0.3 is 5.97 Å². The molecule has 0 rings (SSSR count). The summed E-state index contributed by atoms with van der Waals surface area (Å²) in [4.78, 5) is 24.5. The molecule has 3 N–H and O–H groups in total. The maximum absolute atomic E-state index is 12.4. The van der Waals surface area contributed by atoms with Crippen molar-refractivity contribution in [1.29, 1.82) is 0 Å². The van der Waals surface area contributed by atoms with Crippen molar-refractivity contribution in [1.82, 2.24) is 5.32 Å². The number of carbonyl (C=O) groups is 2. The molecule has 0 aromatic heterocycles. The van der Waals surface area contributed by atoms with Gasteiger partial charge in [0, 0.05) is 12.8 Å². The molecule has 6 nitrogen and oxygen atoms in total. The third-order valence-corrected chi connectivity index (χ3v) is 15.6. The summed E-state index contributed by atoms with van der Waals surface area (Å²) in [6.45, 7) is 4.92. The van der Waals surface area contributed by atoms with Crippen LogP contribution in [0.5, 0.6) is 0 Å². The number of ether oxygens (including phenoxy) is 1. The van der Waals surface area contributed by atoms with Crippen molar-refractivity contribution >= 4 is 11.9 Å². The van der Waals surface area contributed by atoms with Crippen molar-refractivity contribution in [2.24, 2.45) is 0 Å². The molecule has 2 unspecified atom stereocenters. The number of amides is 1. The van der Waals surface area contributed by atoms with Crippen molar-refractivity contribution in [2.75, 3.05) is 13.2 Å². The predicted octanol–water partition coefficient (Wildman–Crippen LogP) is 20.8. The van der Waals surface area contributed by atoms with E-state index >= 15 is 0 Å². The van der Waals surface area contributed by atoms with E-state index in [0.717, 1.165) is 38.5 Å². The van der Waals surface area contributed by atoms with Gasteiger partial charge in [0.1, 0.15) is 0 Å². The molecule has 0 heterocycles. The average molecular weight is 1020 g/mol. The zero-order valence-corrected chi connectivity index (χ0v) is 48.9. The van der Waals surface area contributed by atoms with Gasteiger partial charge in [0.05, 0.1) is 25.4 Å². The standard InChI is InChI=1S/C66H129NO5/c1-3-5-7-9-11-13-15-38-42-46-50-54-58-64(69)63(62-68)67-65(70)59-55-51-47-43-39-36-34-32-30-28-26-24-22-20-18-17-19-21-23-25-27-29-31-33-35-37-41-45-49-53-57-61-72-66(71)60-56-52-48-44-40-16-14-12-10-8-6-4-2/h54,58,63-64,68-69H,3-53,55-57,59-62H2,1-2H3,(H,67,70)/b58-54+. The van der Waals surface area contributed by atoms with Gasteiger partial charge in [-0.1, -0.05) is 341 Å². The summed E-state index contributed by atoms with van der Waals surface area (Å²) in [7, 11) is 0. The lowest BCUT2D eigenvalue weighted by Gasteiger charge is -2.20. The second-order valence-corrected chi connectivity index (χ2v) is 22.8. The summed E-state index contributed by atoms with van der Waals surface area (Å²) in [5.74, 6) is -0.0410. The number of rotatable bonds is 62. The fourth-order valence-corrected chi connectivity index (χ4v) is 10.5. The van der Waals surface area contributed by atoms with E-state index < -0.39 is 12.1 Å². The maximum Gasteiger partial charge on any atom is 0.305 e. The second-order valence-electron chi connectivity index (χ2n) is 22.8. The minimum Gasteiger partial charge on any atom is -0.466 e. The normalized spacial score (nSPS) is 12.6. The third-order valence-electron chi connectivity index (χ3n) is 15.6. The Morgan fingerprint density at radius 3 is 0.944 bits per heavy atom. The fourth-order valence-electron chi connectivity index (χ4n) is 10.5. The predicted molar refractivity (Wildman–Crippen MR) is 315 cm³/mol. The number of hydrogen-bond acceptors (Lipinski definition) is 5. The van der Waals surface area contributed by atoms with Crippen LogP contribution in [0.1, 0.15) is 373 Å². The first-order valence-electron chi connectivity index (χ1n) is 33.0. The van der Waals surface area contributed by atoms with Crippen LogP contribution >= 0.6 is 0 Å². The van der Waals surface area contributed by atoms with Crippen LogP contribution in [0.4, 0.5) is 0 Å². The van der Waals surface area contributed by atoms with Crippen LogP contribution in [0.15, 0.2) is 12.2 Å². The zero-order chi connectivity index (χ0) is 52.2. The fraction of sp³-hybridized carbons (Fsp3) is 0.939. The molecule has 0 spiro atoms. The molecule has 72 heavy (non-hydrogen) atoms. The summed E-state index contributed by atoms with van der Waals surface area (Å²) in [5.41, 5.74) is 0. The minimum atomic E-state index is -0.839. The molecule has 0 aromatic carbocycles. The molecule has 0 aliphatic rings. The number of aliphatic hydroxyl groups is 2. The third kappa shape index (κ3) is 57.9. The van der Waals surface area contributed by atoms with Crippen LogP contribution < -0.4 is 5.32 Å². The highest BCUT2D eigenvalue weighted by atomic mass is 16.5. The van der Waals surface area contributed by atoms with Crippen molar-refractivity contribution in [3.8, 4) is 0 Å². The van der Waals surface area contributed by atoms with Gasteiger partial charge in [-0.05, 0) is 32.1 Å². The molecule has 2 atom stereocenters. The van der Waals surface area contributed by atoms with E-state index in [1.165, 1.54) is 308 Å². The van der Waals surface area contributed by atoms with Gasteiger partial charge in [-0.15, -0.1) is 0 Å². The summed E-state index contributed by atoms with van der Waals surface area (Å²) >= 11 is 0. The number of nitrogens with one attached hydrogen (secondary N) is 1. The summed E-state index contributed by atoms with van der Waals surface area (Å²) in [5, 5.41) is 23.1. The molecule has 0 fully saturated rings. The lowest BCUT2D eigenvalue weighted by molar-refractivity contribution is -0.143. The van der Waals surface area contributed by atoms with Gasteiger partial charge in [0.15, 0.2) is 0 Å². The van der Waals surface area contributed by atoms with E-state index in [1.807, 2.05) is 6.08 Å². The summed E-state index contributed by atoms with van der Waals surface area (Å²) in [6.07, 6.45) is 75.7. The Morgan fingerprint density at radius 1 is 0.375 bits per heavy atom. The van der Waals surface area contributed by atoms with Gasteiger partial charge in [-0.25, -0.2) is 0 Å². The van der Waals surface area contributed by atoms with Crippen LogP contribution in [0.25, 0.3) is 0 Å². The zero-order valence-electron chi connectivity index (χ0n) is 48.9.